The van der Waals surface area contributed by atoms with E-state index in [0.29, 0.717) is 12.2 Å². The van der Waals surface area contributed by atoms with Gasteiger partial charge in [0, 0.05) is 18.7 Å². The monoisotopic (exact) mass is 387 g/mol. The summed E-state index contributed by atoms with van der Waals surface area (Å²) in [6, 6.07) is 11.4. The van der Waals surface area contributed by atoms with Gasteiger partial charge in [-0.15, -0.1) is 0 Å². The Hall–Kier alpha value is -2.88. The van der Waals surface area contributed by atoms with Crippen molar-refractivity contribution < 1.29 is 18.4 Å². The number of hydrogen-bond donors (Lipinski definition) is 4. The molecule has 2 aliphatic rings. The molecule has 0 bridgehead atoms. The van der Waals surface area contributed by atoms with Gasteiger partial charge in [-0.25, -0.2) is 18.5 Å². The number of carbonyl (C=O) groups is 2. The fraction of sp³-hybridized carbons (Fsp3) is 0.263. The highest BCUT2D eigenvalue weighted by molar-refractivity contribution is 6.17. The van der Waals surface area contributed by atoms with E-state index in [1.807, 2.05) is 0 Å². The molecular formula is C19H19F2N5O2. The molecule has 2 aromatic rings. The van der Waals surface area contributed by atoms with E-state index in [1.165, 1.54) is 0 Å². The van der Waals surface area contributed by atoms with E-state index in [9.17, 15) is 18.4 Å². The molecule has 0 aromatic heterocycles. The first-order chi connectivity index (χ1) is 13.5. The van der Waals surface area contributed by atoms with Gasteiger partial charge >= 0.3 is 6.03 Å². The Morgan fingerprint density at radius 2 is 1.89 bits per heavy atom. The van der Waals surface area contributed by atoms with Gasteiger partial charge in [0.25, 0.3) is 0 Å². The van der Waals surface area contributed by atoms with Gasteiger partial charge in [0.15, 0.2) is 0 Å². The predicted octanol–water partition coefficient (Wildman–Crippen LogP) is 1.23. The Morgan fingerprint density at radius 1 is 1.11 bits per heavy atom. The number of urea groups is 1. The maximum atomic E-state index is 13.7. The molecule has 7 nitrogen and oxygen atoms in total. The third-order valence-electron chi connectivity index (χ3n) is 4.83. The van der Waals surface area contributed by atoms with E-state index in [1.54, 1.807) is 30.3 Å². The van der Waals surface area contributed by atoms with Crippen molar-refractivity contribution in [3.8, 4) is 0 Å². The summed E-state index contributed by atoms with van der Waals surface area (Å²) in [5, 5.41) is 12.0. The molecule has 28 heavy (non-hydrogen) atoms. The molecule has 3 unspecified atom stereocenters. The molecule has 0 radical (unpaired) electrons. The third-order valence-corrected chi connectivity index (χ3v) is 4.83. The van der Waals surface area contributed by atoms with Gasteiger partial charge in [-0.1, -0.05) is 18.2 Å². The van der Waals surface area contributed by atoms with Gasteiger partial charge in [0.2, 0.25) is 5.91 Å². The number of carbonyl (C=O) groups excluding carboxylic acids is 2. The summed E-state index contributed by atoms with van der Waals surface area (Å²) in [5.41, 5.74) is 0.690. The van der Waals surface area contributed by atoms with Crippen molar-refractivity contribution in [3.05, 3.63) is 65.7 Å². The Bertz CT molecular complexity index is 895. The van der Waals surface area contributed by atoms with Crippen LogP contribution in [0.15, 0.2) is 48.5 Å². The molecule has 4 rings (SSSR count). The molecular weight excluding hydrogens is 368 g/mol. The van der Waals surface area contributed by atoms with Crippen LogP contribution in [0.2, 0.25) is 0 Å². The van der Waals surface area contributed by atoms with Crippen molar-refractivity contribution in [3.63, 3.8) is 0 Å². The standard InChI is InChI=1S/C19H19F2N5O2/c20-12-6-7-15(21)11(8-12)9-22-18-23-10-14-16(24-18)25-19(28)26(17(14)27)13-4-2-1-3-5-13/h1-8,14,16,18,22-24H,9-10H2,(H,25,28). The number of nitrogens with one attached hydrogen (secondary N) is 4. The second-order valence-electron chi connectivity index (χ2n) is 6.67. The summed E-state index contributed by atoms with van der Waals surface area (Å²) < 4.78 is 27.0. The van der Waals surface area contributed by atoms with Crippen LogP contribution in [0, 0.1) is 17.6 Å². The first kappa shape index (κ1) is 18.5. The highest BCUT2D eigenvalue weighted by atomic mass is 19.1. The minimum Gasteiger partial charge on any atom is -0.321 e. The van der Waals surface area contributed by atoms with Crippen molar-refractivity contribution >= 4 is 17.6 Å². The van der Waals surface area contributed by atoms with E-state index in [-0.39, 0.29) is 18.0 Å². The largest absolute Gasteiger partial charge is 0.330 e. The molecule has 0 aliphatic carbocycles. The lowest BCUT2D eigenvalue weighted by Crippen LogP contribution is -2.74. The van der Waals surface area contributed by atoms with Crippen LogP contribution in [-0.2, 0) is 11.3 Å². The average Bonchev–Trinajstić information content (AvgIpc) is 2.69. The van der Waals surface area contributed by atoms with Crippen LogP contribution < -0.4 is 26.2 Å². The number of amides is 3. The number of anilines is 1. The van der Waals surface area contributed by atoms with Crippen molar-refractivity contribution in [2.75, 3.05) is 11.4 Å². The van der Waals surface area contributed by atoms with Crippen LogP contribution in [0.3, 0.4) is 0 Å². The maximum absolute atomic E-state index is 13.7. The molecule has 4 N–H and O–H groups in total. The number of hydrogen-bond acceptors (Lipinski definition) is 5. The lowest BCUT2D eigenvalue weighted by Gasteiger charge is -2.43. The van der Waals surface area contributed by atoms with Crippen LogP contribution in [0.5, 0.6) is 0 Å². The summed E-state index contributed by atoms with van der Waals surface area (Å²) in [6.45, 7) is 0.382. The van der Waals surface area contributed by atoms with Gasteiger partial charge in [-0.2, -0.15) is 0 Å². The average molecular weight is 387 g/mol. The molecule has 0 spiro atoms. The summed E-state index contributed by atoms with van der Waals surface area (Å²) in [7, 11) is 0. The first-order valence-corrected chi connectivity index (χ1v) is 8.89. The number of para-hydroxylation sites is 1. The molecule has 9 heteroatoms. The fourth-order valence-electron chi connectivity index (χ4n) is 3.40. The fourth-order valence-corrected chi connectivity index (χ4v) is 3.40. The summed E-state index contributed by atoms with van der Waals surface area (Å²) in [6.07, 6.45) is -1.06. The predicted molar refractivity (Wildman–Crippen MR) is 97.9 cm³/mol. The molecule has 2 saturated heterocycles. The number of fused-ring (bicyclic) bond motifs is 1. The van der Waals surface area contributed by atoms with Crippen LogP contribution in [0.4, 0.5) is 19.3 Å². The Kier molecular flexibility index (Phi) is 5.03. The van der Waals surface area contributed by atoms with E-state index < -0.39 is 36.0 Å². The Balaban J connectivity index is 1.41. The Labute approximate surface area is 160 Å². The topological polar surface area (TPSA) is 85.5 Å². The zero-order valence-corrected chi connectivity index (χ0v) is 14.8. The molecule has 146 valence electrons. The highest BCUT2D eigenvalue weighted by Crippen LogP contribution is 2.23. The highest BCUT2D eigenvalue weighted by Gasteiger charge is 2.44. The second-order valence-corrected chi connectivity index (χ2v) is 6.67. The van der Waals surface area contributed by atoms with Gasteiger partial charge < -0.3 is 5.32 Å². The van der Waals surface area contributed by atoms with E-state index in [0.717, 1.165) is 23.1 Å². The third kappa shape index (κ3) is 3.59. The Morgan fingerprint density at radius 3 is 2.68 bits per heavy atom. The number of halogens is 2. The maximum Gasteiger partial charge on any atom is 0.330 e. The van der Waals surface area contributed by atoms with Crippen LogP contribution in [0.25, 0.3) is 0 Å². The van der Waals surface area contributed by atoms with E-state index >= 15 is 0 Å². The number of benzene rings is 2. The number of nitrogens with zero attached hydrogens (tertiary/aromatic N) is 1. The molecule has 2 heterocycles. The minimum absolute atomic E-state index is 0.0731. The van der Waals surface area contributed by atoms with Gasteiger partial charge in [0.05, 0.1) is 17.8 Å². The van der Waals surface area contributed by atoms with Gasteiger partial charge in [-0.3, -0.25) is 20.7 Å². The SMILES string of the molecule is O=C1NC2NC(NCc3cc(F)ccc3F)NCC2C(=O)N1c1ccccc1. The summed E-state index contributed by atoms with van der Waals surface area (Å²) in [5.74, 6) is -1.84. The zero-order valence-electron chi connectivity index (χ0n) is 14.8. The normalized spacial score (nSPS) is 24.6. The van der Waals surface area contributed by atoms with Crippen molar-refractivity contribution in [2.24, 2.45) is 5.92 Å². The first-order valence-electron chi connectivity index (χ1n) is 8.89. The van der Waals surface area contributed by atoms with Crippen molar-refractivity contribution in [2.45, 2.75) is 19.0 Å². The molecule has 3 amide bonds. The van der Waals surface area contributed by atoms with Crippen LogP contribution >= 0.6 is 0 Å². The smallest absolute Gasteiger partial charge is 0.321 e. The van der Waals surface area contributed by atoms with Crippen molar-refractivity contribution in [1.82, 2.24) is 21.3 Å². The summed E-state index contributed by atoms with van der Waals surface area (Å²) in [4.78, 5) is 26.4. The number of rotatable bonds is 4. The molecule has 3 atom stereocenters. The van der Waals surface area contributed by atoms with Crippen LogP contribution in [0.1, 0.15) is 5.56 Å². The molecule has 0 saturated carbocycles. The molecule has 2 aromatic carbocycles. The van der Waals surface area contributed by atoms with E-state index in [4.69, 9.17) is 0 Å². The minimum atomic E-state index is -0.573. The lowest BCUT2D eigenvalue weighted by atomic mass is 9.99. The molecule has 2 fully saturated rings. The zero-order chi connectivity index (χ0) is 19.7. The lowest BCUT2D eigenvalue weighted by molar-refractivity contribution is -0.124. The quantitative estimate of drug-likeness (QED) is 0.634. The van der Waals surface area contributed by atoms with Gasteiger partial charge in [-0.05, 0) is 30.3 Å². The van der Waals surface area contributed by atoms with Gasteiger partial charge in [0.1, 0.15) is 17.9 Å². The van der Waals surface area contributed by atoms with Crippen molar-refractivity contribution in [1.29, 1.82) is 0 Å². The van der Waals surface area contributed by atoms with E-state index in [2.05, 4.69) is 21.3 Å². The second kappa shape index (κ2) is 7.63. The number of imide groups is 1. The van der Waals surface area contributed by atoms with Crippen LogP contribution in [-0.4, -0.2) is 30.9 Å². The summed E-state index contributed by atoms with van der Waals surface area (Å²) >= 11 is 0. The molecule has 2 aliphatic heterocycles.